The number of rotatable bonds is 5. The number of aromatic nitrogens is 1. The topological polar surface area (TPSA) is 72.2 Å². The SMILES string of the molecule is Cc1cc(C)cc(Nc2oc(-c3ccccc3)nc2S(=O)(=O)c2ccc(F)cc2)c1. The van der Waals surface area contributed by atoms with Crippen molar-refractivity contribution in [2.45, 2.75) is 23.8 Å². The molecule has 0 saturated heterocycles. The fraction of sp³-hybridized carbons (Fsp3) is 0.0870. The van der Waals surface area contributed by atoms with Crippen molar-refractivity contribution in [2.75, 3.05) is 5.32 Å². The first-order chi connectivity index (χ1) is 14.3. The molecule has 4 aromatic rings. The van der Waals surface area contributed by atoms with Crippen LogP contribution in [0.5, 0.6) is 0 Å². The van der Waals surface area contributed by atoms with E-state index in [9.17, 15) is 12.8 Å². The molecule has 1 heterocycles. The normalized spacial score (nSPS) is 11.4. The Labute approximate surface area is 174 Å². The van der Waals surface area contributed by atoms with Gasteiger partial charge in [-0.2, -0.15) is 4.98 Å². The van der Waals surface area contributed by atoms with E-state index in [-0.39, 0.29) is 21.7 Å². The minimum absolute atomic E-state index is 0.00294. The van der Waals surface area contributed by atoms with E-state index in [0.717, 1.165) is 23.3 Å². The number of oxazole rings is 1. The summed E-state index contributed by atoms with van der Waals surface area (Å²) >= 11 is 0. The zero-order valence-corrected chi connectivity index (χ0v) is 17.2. The van der Waals surface area contributed by atoms with E-state index in [2.05, 4.69) is 10.3 Å². The highest BCUT2D eigenvalue weighted by atomic mass is 32.2. The lowest BCUT2D eigenvalue weighted by atomic mass is 10.1. The molecule has 0 aliphatic rings. The third-order valence-corrected chi connectivity index (χ3v) is 6.15. The second-order valence-corrected chi connectivity index (χ2v) is 8.84. The van der Waals surface area contributed by atoms with Gasteiger partial charge in [-0.3, -0.25) is 0 Å². The van der Waals surface area contributed by atoms with Crippen LogP contribution in [0.25, 0.3) is 11.5 Å². The highest BCUT2D eigenvalue weighted by Crippen LogP contribution is 2.34. The maximum atomic E-state index is 13.3. The first-order valence-electron chi connectivity index (χ1n) is 9.25. The lowest BCUT2D eigenvalue weighted by Gasteiger charge is -2.08. The number of anilines is 2. The number of aryl methyl sites for hydroxylation is 2. The summed E-state index contributed by atoms with van der Waals surface area (Å²) in [4.78, 5) is 4.21. The molecule has 0 saturated carbocycles. The summed E-state index contributed by atoms with van der Waals surface area (Å²) in [7, 11) is -4.05. The summed E-state index contributed by atoms with van der Waals surface area (Å²) < 4.78 is 45.6. The Morgan fingerprint density at radius 3 is 2.17 bits per heavy atom. The van der Waals surface area contributed by atoms with Crippen LogP contribution in [0.1, 0.15) is 11.1 Å². The predicted molar refractivity (Wildman–Crippen MR) is 113 cm³/mol. The molecular weight excluding hydrogens is 403 g/mol. The van der Waals surface area contributed by atoms with E-state index in [0.29, 0.717) is 11.3 Å². The molecule has 0 spiro atoms. The summed E-state index contributed by atoms with van der Waals surface area (Å²) in [6.07, 6.45) is 0. The Kier molecular flexibility index (Phi) is 5.13. The van der Waals surface area contributed by atoms with Crippen molar-refractivity contribution in [2.24, 2.45) is 0 Å². The van der Waals surface area contributed by atoms with Crippen molar-refractivity contribution in [1.82, 2.24) is 4.98 Å². The maximum Gasteiger partial charge on any atom is 0.238 e. The van der Waals surface area contributed by atoms with Gasteiger partial charge < -0.3 is 9.73 Å². The number of hydrogen-bond acceptors (Lipinski definition) is 5. The Bertz CT molecular complexity index is 1280. The summed E-state index contributed by atoms with van der Waals surface area (Å²) in [5.74, 6) is -0.348. The molecule has 3 aromatic carbocycles. The van der Waals surface area contributed by atoms with Crippen LogP contribution in [-0.2, 0) is 9.84 Å². The average Bonchev–Trinajstić information content (AvgIpc) is 3.13. The number of halogens is 1. The molecule has 1 N–H and O–H groups in total. The van der Waals surface area contributed by atoms with Crippen LogP contribution < -0.4 is 5.32 Å². The number of nitrogens with one attached hydrogen (secondary N) is 1. The second-order valence-electron chi connectivity index (χ2n) is 6.98. The summed E-state index contributed by atoms with van der Waals surface area (Å²) in [6, 6.07) is 19.4. The Hall–Kier alpha value is -3.45. The van der Waals surface area contributed by atoms with E-state index in [1.807, 2.05) is 50.2 Å². The van der Waals surface area contributed by atoms with Gasteiger partial charge in [-0.15, -0.1) is 0 Å². The average molecular weight is 422 g/mol. The molecule has 30 heavy (non-hydrogen) atoms. The third kappa shape index (κ3) is 3.97. The fourth-order valence-electron chi connectivity index (χ4n) is 3.17. The van der Waals surface area contributed by atoms with Crippen molar-refractivity contribution < 1.29 is 17.2 Å². The van der Waals surface area contributed by atoms with E-state index in [1.54, 1.807) is 12.1 Å². The summed E-state index contributed by atoms with van der Waals surface area (Å²) in [5, 5.41) is 2.79. The highest BCUT2D eigenvalue weighted by Gasteiger charge is 2.29. The van der Waals surface area contributed by atoms with E-state index in [4.69, 9.17) is 4.42 Å². The van der Waals surface area contributed by atoms with E-state index < -0.39 is 15.7 Å². The van der Waals surface area contributed by atoms with Gasteiger partial charge in [-0.25, -0.2) is 12.8 Å². The van der Waals surface area contributed by atoms with Gasteiger partial charge in [0, 0.05) is 11.3 Å². The molecule has 0 aliphatic carbocycles. The second kappa shape index (κ2) is 7.76. The van der Waals surface area contributed by atoms with Crippen molar-refractivity contribution in [3.05, 3.63) is 89.7 Å². The van der Waals surface area contributed by atoms with Gasteiger partial charge in [0.05, 0.1) is 4.90 Å². The van der Waals surface area contributed by atoms with Gasteiger partial charge in [0.25, 0.3) is 0 Å². The molecule has 0 bridgehead atoms. The minimum Gasteiger partial charge on any atom is -0.419 e. The molecule has 5 nitrogen and oxygen atoms in total. The Balaban J connectivity index is 1.85. The van der Waals surface area contributed by atoms with Gasteiger partial charge in [-0.05, 0) is 73.5 Å². The Morgan fingerprint density at radius 2 is 1.53 bits per heavy atom. The molecule has 1 aromatic heterocycles. The van der Waals surface area contributed by atoms with Gasteiger partial charge in [0.15, 0.2) is 0 Å². The minimum atomic E-state index is -4.05. The molecule has 0 amide bonds. The molecule has 0 aliphatic heterocycles. The lowest BCUT2D eigenvalue weighted by Crippen LogP contribution is -2.05. The van der Waals surface area contributed by atoms with Crippen LogP contribution in [0, 0.1) is 19.7 Å². The number of hydrogen-bond donors (Lipinski definition) is 1. The quantitative estimate of drug-likeness (QED) is 0.419. The largest absolute Gasteiger partial charge is 0.419 e. The van der Waals surface area contributed by atoms with Gasteiger partial charge >= 0.3 is 0 Å². The van der Waals surface area contributed by atoms with Gasteiger partial charge in [0.1, 0.15) is 5.82 Å². The Morgan fingerprint density at radius 1 is 0.900 bits per heavy atom. The smallest absolute Gasteiger partial charge is 0.238 e. The molecule has 7 heteroatoms. The molecular formula is C23H19FN2O3S. The lowest BCUT2D eigenvalue weighted by molar-refractivity contribution is 0.581. The van der Waals surface area contributed by atoms with Crippen molar-refractivity contribution in [1.29, 1.82) is 0 Å². The third-order valence-electron chi connectivity index (χ3n) is 4.47. The predicted octanol–water partition coefficient (Wildman–Crippen LogP) is 5.67. The zero-order chi connectivity index (χ0) is 21.3. The van der Waals surface area contributed by atoms with E-state index >= 15 is 0 Å². The van der Waals surface area contributed by atoms with Crippen LogP contribution in [-0.4, -0.2) is 13.4 Å². The fourth-order valence-corrected chi connectivity index (χ4v) is 4.43. The molecule has 152 valence electrons. The first kappa shape index (κ1) is 19.8. The highest BCUT2D eigenvalue weighted by molar-refractivity contribution is 7.91. The standard InChI is InChI=1S/C23H19FN2O3S/c1-15-12-16(2)14-19(13-15)25-22-23(26-21(29-22)17-6-4-3-5-7-17)30(27,28)20-10-8-18(24)9-11-20/h3-14,25H,1-2H3. The van der Waals surface area contributed by atoms with Crippen LogP contribution in [0.4, 0.5) is 16.0 Å². The van der Waals surface area contributed by atoms with E-state index in [1.165, 1.54) is 12.1 Å². The van der Waals surface area contributed by atoms with Crippen molar-refractivity contribution in [3.63, 3.8) is 0 Å². The summed E-state index contributed by atoms with van der Waals surface area (Å²) in [6.45, 7) is 3.90. The molecule has 4 rings (SSSR count). The van der Waals surface area contributed by atoms with Gasteiger partial charge in [-0.1, -0.05) is 24.3 Å². The molecule has 0 unspecified atom stereocenters. The number of sulfone groups is 1. The first-order valence-corrected chi connectivity index (χ1v) is 10.7. The van der Waals surface area contributed by atoms with Crippen molar-refractivity contribution in [3.8, 4) is 11.5 Å². The molecule has 0 radical (unpaired) electrons. The zero-order valence-electron chi connectivity index (χ0n) is 16.4. The van der Waals surface area contributed by atoms with Crippen LogP contribution in [0.3, 0.4) is 0 Å². The molecule has 0 atom stereocenters. The molecule has 0 fully saturated rings. The monoisotopic (exact) mass is 422 g/mol. The van der Waals surface area contributed by atoms with Crippen molar-refractivity contribution >= 4 is 21.4 Å². The van der Waals surface area contributed by atoms with Crippen LogP contribution >= 0.6 is 0 Å². The number of nitrogens with zero attached hydrogens (tertiary/aromatic N) is 1. The van der Waals surface area contributed by atoms with Crippen LogP contribution in [0.15, 0.2) is 87.1 Å². The van der Waals surface area contributed by atoms with Gasteiger partial charge in [0.2, 0.25) is 26.6 Å². The van der Waals surface area contributed by atoms with Crippen LogP contribution in [0.2, 0.25) is 0 Å². The number of benzene rings is 3. The maximum absolute atomic E-state index is 13.3. The summed E-state index contributed by atoms with van der Waals surface area (Å²) in [5.41, 5.74) is 3.35.